The van der Waals surface area contributed by atoms with Crippen molar-refractivity contribution in [2.45, 2.75) is 89.1 Å². The number of carbonyl (C=O) groups is 1. The van der Waals surface area contributed by atoms with Crippen LogP contribution in [0.3, 0.4) is 0 Å². The zero-order valence-corrected chi connectivity index (χ0v) is 20.1. The number of hydrogen-bond acceptors (Lipinski definition) is 6. The Morgan fingerprint density at radius 3 is 2.53 bits per heavy atom. The summed E-state index contributed by atoms with van der Waals surface area (Å²) in [5.41, 5.74) is 2.53. The Labute approximate surface area is 197 Å². The monoisotopic (exact) mass is 462 g/mol. The van der Waals surface area contributed by atoms with Crippen LogP contribution in [0.25, 0.3) is 0 Å². The molecular formula is C24H39ClN6O. The molecule has 1 saturated heterocycles. The molecule has 2 fully saturated rings. The highest BCUT2D eigenvalue weighted by molar-refractivity contribution is 6.27. The standard InChI is InChI=1S/C24H39ClN6O/c25-17-22(32)26-13-6-14-27-24-29-21-10-5-4-9-20(21)23(30-24)28-18-11-15-31(16-12-18)19-7-2-1-3-8-19/h18-19H,1-17H2,(H,26,32)(H2,27,28,29,30). The molecule has 1 aromatic heterocycles. The summed E-state index contributed by atoms with van der Waals surface area (Å²) in [6, 6.07) is 1.32. The minimum atomic E-state index is -0.127. The molecule has 0 atom stereocenters. The number of fused-ring (bicyclic) bond motifs is 1. The van der Waals surface area contributed by atoms with Gasteiger partial charge in [-0.2, -0.15) is 4.98 Å². The lowest BCUT2D eigenvalue weighted by Gasteiger charge is -2.39. The molecule has 7 nitrogen and oxygen atoms in total. The van der Waals surface area contributed by atoms with E-state index in [1.165, 1.54) is 82.1 Å². The Bertz CT molecular complexity index is 746. The highest BCUT2D eigenvalue weighted by atomic mass is 35.5. The average molecular weight is 463 g/mol. The van der Waals surface area contributed by atoms with Gasteiger partial charge in [-0.05, 0) is 57.8 Å². The molecule has 3 N–H and O–H groups in total. The average Bonchev–Trinajstić information content (AvgIpc) is 2.84. The lowest BCUT2D eigenvalue weighted by Crippen LogP contribution is -2.45. The molecule has 1 aliphatic heterocycles. The van der Waals surface area contributed by atoms with Gasteiger partial charge in [0.1, 0.15) is 11.7 Å². The largest absolute Gasteiger partial charge is 0.367 e. The van der Waals surface area contributed by atoms with E-state index in [1.54, 1.807) is 0 Å². The van der Waals surface area contributed by atoms with Gasteiger partial charge in [-0.25, -0.2) is 4.98 Å². The van der Waals surface area contributed by atoms with Crippen LogP contribution in [0, 0.1) is 0 Å². The van der Waals surface area contributed by atoms with E-state index < -0.39 is 0 Å². The second-order valence-electron chi connectivity index (χ2n) is 9.54. The Balaban J connectivity index is 1.32. The first-order valence-electron chi connectivity index (χ1n) is 12.7. The van der Waals surface area contributed by atoms with Crippen LogP contribution in [0.15, 0.2) is 0 Å². The van der Waals surface area contributed by atoms with Gasteiger partial charge in [-0.15, -0.1) is 11.6 Å². The first-order chi connectivity index (χ1) is 15.7. The summed E-state index contributed by atoms with van der Waals surface area (Å²) in [5.74, 6) is 1.63. The molecule has 0 bridgehead atoms. The summed E-state index contributed by atoms with van der Waals surface area (Å²) >= 11 is 5.52. The fourth-order valence-electron chi connectivity index (χ4n) is 5.40. The van der Waals surface area contributed by atoms with E-state index in [2.05, 4.69) is 20.9 Å². The number of aromatic nitrogens is 2. The number of halogens is 1. The normalized spacial score (nSPS) is 20.5. The number of alkyl halides is 1. The second kappa shape index (κ2) is 12.0. The zero-order chi connectivity index (χ0) is 22.2. The van der Waals surface area contributed by atoms with Gasteiger partial charge >= 0.3 is 0 Å². The lowest BCUT2D eigenvalue weighted by atomic mass is 9.92. The number of carbonyl (C=O) groups excluding carboxylic acids is 1. The fourth-order valence-corrected chi connectivity index (χ4v) is 5.50. The maximum atomic E-state index is 11.2. The van der Waals surface area contributed by atoms with Gasteiger partial charge in [0.15, 0.2) is 0 Å². The number of piperidine rings is 1. The molecule has 2 aliphatic carbocycles. The third-order valence-electron chi connectivity index (χ3n) is 7.22. The molecular weight excluding hydrogens is 424 g/mol. The molecule has 4 rings (SSSR count). The lowest BCUT2D eigenvalue weighted by molar-refractivity contribution is -0.118. The Hall–Kier alpha value is -1.60. The summed E-state index contributed by atoms with van der Waals surface area (Å²) in [6.45, 7) is 3.73. The van der Waals surface area contributed by atoms with Gasteiger partial charge in [-0.1, -0.05) is 19.3 Å². The van der Waals surface area contributed by atoms with E-state index >= 15 is 0 Å². The van der Waals surface area contributed by atoms with Crippen LogP contribution in [-0.4, -0.2) is 64.9 Å². The first kappa shape index (κ1) is 23.6. The second-order valence-corrected chi connectivity index (χ2v) is 9.81. The predicted octanol–water partition coefficient (Wildman–Crippen LogP) is 3.72. The molecule has 0 unspecified atom stereocenters. The number of likely N-dealkylation sites (tertiary alicyclic amines) is 1. The number of nitrogens with one attached hydrogen (secondary N) is 3. The third-order valence-corrected chi connectivity index (χ3v) is 7.47. The number of rotatable bonds is 9. The quantitative estimate of drug-likeness (QED) is 0.383. The van der Waals surface area contributed by atoms with Gasteiger partial charge in [0.05, 0.1) is 5.69 Å². The summed E-state index contributed by atoms with van der Waals surface area (Å²) in [7, 11) is 0. The molecule has 32 heavy (non-hydrogen) atoms. The first-order valence-corrected chi connectivity index (χ1v) is 13.2. The summed E-state index contributed by atoms with van der Waals surface area (Å²) in [5, 5.41) is 9.96. The van der Waals surface area contributed by atoms with Crippen molar-refractivity contribution in [3.63, 3.8) is 0 Å². The van der Waals surface area contributed by atoms with Gasteiger partial charge in [0, 0.05) is 43.8 Å². The molecule has 0 spiro atoms. The van der Waals surface area contributed by atoms with Crippen LogP contribution < -0.4 is 16.0 Å². The zero-order valence-electron chi connectivity index (χ0n) is 19.3. The Morgan fingerprint density at radius 2 is 1.75 bits per heavy atom. The predicted molar refractivity (Wildman–Crippen MR) is 131 cm³/mol. The third kappa shape index (κ3) is 6.47. The molecule has 1 amide bonds. The van der Waals surface area contributed by atoms with Crippen molar-refractivity contribution >= 4 is 29.3 Å². The van der Waals surface area contributed by atoms with E-state index in [-0.39, 0.29) is 11.8 Å². The smallest absolute Gasteiger partial charge is 0.234 e. The van der Waals surface area contributed by atoms with E-state index in [0.717, 1.165) is 37.7 Å². The van der Waals surface area contributed by atoms with Crippen molar-refractivity contribution in [3.05, 3.63) is 11.3 Å². The molecule has 8 heteroatoms. The number of nitrogens with zero attached hydrogens (tertiary/aromatic N) is 3. The fraction of sp³-hybridized carbons (Fsp3) is 0.792. The van der Waals surface area contributed by atoms with Crippen LogP contribution in [0.2, 0.25) is 0 Å². The number of amides is 1. The van der Waals surface area contributed by atoms with Crippen LogP contribution in [0.5, 0.6) is 0 Å². The molecule has 0 aromatic carbocycles. The maximum Gasteiger partial charge on any atom is 0.234 e. The van der Waals surface area contributed by atoms with E-state index in [1.807, 2.05) is 0 Å². The summed E-state index contributed by atoms with van der Waals surface area (Å²) in [4.78, 5) is 23.7. The van der Waals surface area contributed by atoms with Crippen molar-refractivity contribution in [3.8, 4) is 0 Å². The highest BCUT2D eigenvalue weighted by Crippen LogP contribution is 2.30. The minimum Gasteiger partial charge on any atom is -0.367 e. The molecule has 1 aromatic rings. The molecule has 2 heterocycles. The van der Waals surface area contributed by atoms with Gasteiger partial charge < -0.3 is 20.9 Å². The SMILES string of the molecule is O=C(CCl)NCCCNc1nc2c(c(NC3CCN(C4CCCCC4)CC3)n1)CCCC2. The van der Waals surface area contributed by atoms with Crippen molar-refractivity contribution in [2.24, 2.45) is 0 Å². The molecule has 178 valence electrons. The van der Waals surface area contributed by atoms with E-state index in [4.69, 9.17) is 21.6 Å². The Kier molecular flexibility index (Phi) is 8.85. The van der Waals surface area contributed by atoms with Crippen molar-refractivity contribution in [1.82, 2.24) is 20.2 Å². The van der Waals surface area contributed by atoms with Crippen molar-refractivity contribution in [1.29, 1.82) is 0 Å². The van der Waals surface area contributed by atoms with Gasteiger partial charge in [0.2, 0.25) is 11.9 Å². The molecule has 1 saturated carbocycles. The van der Waals surface area contributed by atoms with Gasteiger partial charge in [-0.3, -0.25) is 4.79 Å². The Morgan fingerprint density at radius 1 is 0.969 bits per heavy atom. The van der Waals surface area contributed by atoms with E-state index in [9.17, 15) is 4.79 Å². The highest BCUT2D eigenvalue weighted by Gasteiger charge is 2.27. The van der Waals surface area contributed by atoms with Crippen molar-refractivity contribution in [2.75, 3.05) is 42.7 Å². The van der Waals surface area contributed by atoms with E-state index in [0.29, 0.717) is 18.5 Å². The van der Waals surface area contributed by atoms with Crippen LogP contribution >= 0.6 is 11.6 Å². The van der Waals surface area contributed by atoms with Crippen LogP contribution in [-0.2, 0) is 17.6 Å². The maximum absolute atomic E-state index is 11.2. The van der Waals surface area contributed by atoms with Crippen LogP contribution in [0.1, 0.15) is 75.5 Å². The number of hydrogen-bond donors (Lipinski definition) is 3. The summed E-state index contributed by atoms with van der Waals surface area (Å²) in [6.07, 6.45) is 14.7. The molecule has 0 radical (unpaired) electrons. The number of anilines is 2. The number of aryl methyl sites for hydroxylation is 1. The van der Waals surface area contributed by atoms with Crippen LogP contribution in [0.4, 0.5) is 11.8 Å². The minimum absolute atomic E-state index is 0.00989. The summed E-state index contributed by atoms with van der Waals surface area (Å²) < 4.78 is 0. The van der Waals surface area contributed by atoms with Gasteiger partial charge in [0.25, 0.3) is 0 Å². The van der Waals surface area contributed by atoms with Crippen molar-refractivity contribution < 1.29 is 4.79 Å². The molecule has 3 aliphatic rings. The topological polar surface area (TPSA) is 82.2 Å².